The molecule has 0 saturated carbocycles. The third-order valence-corrected chi connectivity index (χ3v) is 4.70. The fourth-order valence-electron chi connectivity index (χ4n) is 3.06. The minimum atomic E-state index is -0.141. The number of anilines is 2. The van der Waals surface area contributed by atoms with Gasteiger partial charge in [-0.25, -0.2) is 9.78 Å². The smallest absolute Gasteiger partial charge is 0.323 e. The van der Waals surface area contributed by atoms with Crippen molar-refractivity contribution in [2.24, 2.45) is 0 Å². The lowest BCUT2D eigenvalue weighted by molar-refractivity contribution is 0.208. The van der Waals surface area contributed by atoms with Crippen LogP contribution in [-0.4, -0.2) is 49.2 Å². The SMILES string of the molecule is COc1cccnc1NC(=O)N1CCN(c2cccc(C)c2C)CC1. The number of aryl methyl sites for hydroxylation is 1. The predicted molar refractivity (Wildman–Crippen MR) is 99.5 cm³/mol. The minimum absolute atomic E-state index is 0.141. The molecule has 25 heavy (non-hydrogen) atoms. The monoisotopic (exact) mass is 340 g/mol. The van der Waals surface area contributed by atoms with Crippen LogP contribution in [0.25, 0.3) is 0 Å². The van der Waals surface area contributed by atoms with Crippen LogP contribution in [0.1, 0.15) is 11.1 Å². The van der Waals surface area contributed by atoms with Gasteiger partial charge in [0, 0.05) is 38.1 Å². The number of hydrogen-bond acceptors (Lipinski definition) is 4. The number of urea groups is 1. The predicted octanol–water partition coefficient (Wildman–Crippen LogP) is 3.06. The Morgan fingerprint density at radius 2 is 1.88 bits per heavy atom. The highest BCUT2D eigenvalue weighted by atomic mass is 16.5. The first-order valence-electron chi connectivity index (χ1n) is 8.46. The summed E-state index contributed by atoms with van der Waals surface area (Å²) in [5.41, 5.74) is 3.85. The molecule has 0 aliphatic carbocycles. The van der Waals surface area contributed by atoms with Crippen molar-refractivity contribution in [3.8, 4) is 5.75 Å². The van der Waals surface area contributed by atoms with Gasteiger partial charge in [0.1, 0.15) is 0 Å². The summed E-state index contributed by atoms with van der Waals surface area (Å²) in [6, 6.07) is 9.78. The number of pyridine rings is 1. The fourth-order valence-corrected chi connectivity index (χ4v) is 3.06. The van der Waals surface area contributed by atoms with E-state index in [1.54, 1.807) is 25.4 Å². The molecule has 1 aromatic carbocycles. The second kappa shape index (κ2) is 7.42. The number of methoxy groups -OCH3 is 1. The summed E-state index contributed by atoms with van der Waals surface area (Å²) in [6.07, 6.45) is 1.64. The number of benzene rings is 1. The van der Waals surface area contributed by atoms with Gasteiger partial charge in [0.25, 0.3) is 0 Å². The molecule has 1 fully saturated rings. The van der Waals surface area contributed by atoms with Crippen LogP contribution in [0.4, 0.5) is 16.3 Å². The molecule has 132 valence electrons. The Balaban J connectivity index is 1.62. The standard InChI is InChI=1S/C19H24N4O2/c1-14-6-4-7-16(15(14)2)22-10-12-23(13-11-22)19(24)21-18-17(25-3)8-5-9-20-18/h4-9H,10-13H2,1-3H3,(H,20,21,24). The van der Waals surface area contributed by atoms with Crippen LogP contribution in [0.5, 0.6) is 5.75 Å². The van der Waals surface area contributed by atoms with E-state index in [0.717, 1.165) is 13.1 Å². The molecule has 0 bridgehead atoms. The minimum Gasteiger partial charge on any atom is -0.493 e. The van der Waals surface area contributed by atoms with E-state index in [1.807, 2.05) is 4.90 Å². The molecule has 1 N–H and O–H groups in total. The van der Waals surface area contributed by atoms with E-state index in [1.165, 1.54) is 16.8 Å². The van der Waals surface area contributed by atoms with Crippen LogP contribution in [-0.2, 0) is 0 Å². The van der Waals surface area contributed by atoms with Crippen LogP contribution in [0, 0.1) is 13.8 Å². The van der Waals surface area contributed by atoms with E-state index >= 15 is 0 Å². The fraction of sp³-hybridized carbons (Fsp3) is 0.368. The van der Waals surface area contributed by atoms with Gasteiger partial charge in [0.05, 0.1) is 7.11 Å². The quantitative estimate of drug-likeness (QED) is 0.933. The number of hydrogen-bond donors (Lipinski definition) is 1. The average Bonchev–Trinajstić information content (AvgIpc) is 2.64. The van der Waals surface area contributed by atoms with E-state index in [9.17, 15) is 4.79 Å². The summed E-state index contributed by atoms with van der Waals surface area (Å²) in [5, 5.41) is 2.84. The van der Waals surface area contributed by atoms with Gasteiger partial charge in [-0.1, -0.05) is 12.1 Å². The summed E-state index contributed by atoms with van der Waals surface area (Å²) in [5.74, 6) is 1.01. The molecule has 0 atom stereocenters. The Bertz CT molecular complexity index is 755. The lowest BCUT2D eigenvalue weighted by atomic mass is 10.1. The average molecular weight is 340 g/mol. The summed E-state index contributed by atoms with van der Waals surface area (Å²) in [4.78, 5) is 20.8. The first-order valence-corrected chi connectivity index (χ1v) is 8.46. The summed E-state index contributed by atoms with van der Waals surface area (Å²) >= 11 is 0. The van der Waals surface area contributed by atoms with E-state index in [2.05, 4.69) is 47.2 Å². The molecule has 2 heterocycles. The van der Waals surface area contributed by atoms with Gasteiger partial charge >= 0.3 is 6.03 Å². The van der Waals surface area contributed by atoms with Gasteiger partial charge < -0.3 is 14.5 Å². The Hall–Kier alpha value is -2.76. The number of ether oxygens (including phenoxy) is 1. The molecule has 1 aliphatic heterocycles. The maximum absolute atomic E-state index is 12.5. The molecule has 0 spiro atoms. The number of nitrogens with one attached hydrogen (secondary N) is 1. The van der Waals surface area contributed by atoms with Crippen LogP contribution in [0.3, 0.4) is 0 Å². The van der Waals surface area contributed by atoms with Gasteiger partial charge in [-0.2, -0.15) is 0 Å². The molecule has 1 aromatic heterocycles. The molecule has 6 heteroatoms. The van der Waals surface area contributed by atoms with E-state index < -0.39 is 0 Å². The number of aromatic nitrogens is 1. The van der Waals surface area contributed by atoms with Crippen molar-refractivity contribution in [3.05, 3.63) is 47.7 Å². The number of nitrogens with zero attached hydrogens (tertiary/aromatic N) is 3. The molecular weight excluding hydrogens is 316 g/mol. The largest absolute Gasteiger partial charge is 0.493 e. The van der Waals surface area contributed by atoms with Crippen molar-refractivity contribution in [1.29, 1.82) is 0 Å². The molecule has 1 saturated heterocycles. The number of piperazine rings is 1. The van der Waals surface area contributed by atoms with Gasteiger partial charge in [0.2, 0.25) is 0 Å². The molecule has 0 radical (unpaired) electrons. The normalized spacial score (nSPS) is 14.4. The number of carbonyl (C=O) groups is 1. The first-order chi connectivity index (χ1) is 12.1. The zero-order chi connectivity index (χ0) is 17.8. The first kappa shape index (κ1) is 17.1. The highest BCUT2D eigenvalue weighted by Crippen LogP contribution is 2.24. The van der Waals surface area contributed by atoms with E-state index in [-0.39, 0.29) is 6.03 Å². The highest BCUT2D eigenvalue weighted by molar-refractivity contribution is 5.89. The van der Waals surface area contributed by atoms with Crippen molar-refractivity contribution in [2.45, 2.75) is 13.8 Å². The van der Waals surface area contributed by atoms with Gasteiger partial charge in [0.15, 0.2) is 11.6 Å². The lowest BCUT2D eigenvalue weighted by Crippen LogP contribution is -2.50. The number of rotatable bonds is 3. The molecule has 1 aliphatic rings. The van der Waals surface area contributed by atoms with Crippen molar-refractivity contribution in [1.82, 2.24) is 9.88 Å². The van der Waals surface area contributed by atoms with Gasteiger partial charge in [-0.05, 0) is 43.2 Å². The highest BCUT2D eigenvalue weighted by Gasteiger charge is 2.23. The van der Waals surface area contributed by atoms with Gasteiger partial charge in [-0.15, -0.1) is 0 Å². The third kappa shape index (κ3) is 3.68. The summed E-state index contributed by atoms with van der Waals surface area (Å²) < 4.78 is 5.23. The molecular formula is C19H24N4O2. The summed E-state index contributed by atoms with van der Waals surface area (Å²) in [7, 11) is 1.57. The molecule has 0 unspecified atom stereocenters. The van der Waals surface area contributed by atoms with E-state index in [0.29, 0.717) is 24.7 Å². The molecule has 6 nitrogen and oxygen atoms in total. The maximum atomic E-state index is 12.5. The molecule has 2 aromatic rings. The maximum Gasteiger partial charge on any atom is 0.323 e. The van der Waals surface area contributed by atoms with Crippen molar-refractivity contribution in [2.75, 3.05) is 43.5 Å². The number of carbonyl (C=O) groups excluding carboxylic acids is 1. The van der Waals surface area contributed by atoms with E-state index in [4.69, 9.17) is 4.74 Å². The Morgan fingerprint density at radius 3 is 2.60 bits per heavy atom. The Kier molecular flexibility index (Phi) is 5.07. The Labute approximate surface area is 148 Å². The topological polar surface area (TPSA) is 57.7 Å². The van der Waals surface area contributed by atoms with Crippen molar-refractivity contribution < 1.29 is 9.53 Å². The van der Waals surface area contributed by atoms with Crippen molar-refractivity contribution >= 4 is 17.5 Å². The lowest BCUT2D eigenvalue weighted by Gasteiger charge is -2.37. The molecule has 3 rings (SSSR count). The van der Waals surface area contributed by atoms with Crippen LogP contribution in [0.15, 0.2) is 36.5 Å². The number of amides is 2. The van der Waals surface area contributed by atoms with Gasteiger partial charge in [-0.3, -0.25) is 5.32 Å². The third-order valence-electron chi connectivity index (χ3n) is 4.70. The summed E-state index contributed by atoms with van der Waals surface area (Å²) in [6.45, 7) is 7.26. The van der Waals surface area contributed by atoms with Crippen LogP contribution < -0.4 is 15.0 Å². The second-order valence-electron chi connectivity index (χ2n) is 6.18. The second-order valence-corrected chi connectivity index (χ2v) is 6.18. The molecule has 2 amide bonds. The Morgan fingerprint density at radius 1 is 1.12 bits per heavy atom. The van der Waals surface area contributed by atoms with Crippen LogP contribution in [0.2, 0.25) is 0 Å². The van der Waals surface area contributed by atoms with Crippen molar-refractivity contribution in [3.63, 3.8) is 0 Å². The van der Waals surface area contributed by atoms with Crippen LogP contribution >= 0.6 is 0 Å². The zero-order valence-corrected chi connectivity index (χ0v) is 15.0. The zero-order valence-electron chi connectivity index (χ0n) is 15.0.